The summed E-state index contributed by atoms with van der Waals surface area (Å²) in [7, 11) is 0. The van der Waals surface area contributed by atoms with Crippen molar-refractivity contribution in [3.05, 3.63) is 0 Å². The molecule has 0 aromatic carbocycles. The second-order valence-electron chi connectivity index (χ2n) is 4.33. The van der Waals surface area contributed by atoms with Gasteiger partial charge in [0.15, 0.2) is 0 Å². The molecule has 0 aromatic heterocycles. The molecule has 3 nitrogen and oxygen atoms in total. The highest BCUT2D eigenvalue weighted by molar-refractivity contribution is 4.86. The van der Waals surface area contributed by atoms with Crippen LogP contribution in [0.1, 0.15) is 34.6 Å². The zero-order valence-electron chi connectivity index (χ0n) is 8.10. The molecule has 0 amide bonds. The predicted octanol–water partition coefficient (Wildman–Crippen LogP) is 0.887. The first-order chi connectivity index (χ1) is 4.93. The van der Waals surface area contributed by atoms with Crippen molar-refractivity contribution in [1.29, 1.82) is 0 Å². The van der Waals surface area contributed by atoms with Crippen LogP contribution in [0.25, 0.3) is 0 Å². The smallest absolute Gasteiger partial charge is 0.0399 e. The Labute approximate surface area is 69.1 Å². The molecule has 3 heteroatoms. The van der Waals surface area contributed by atoms with Gasteiger partial charge in [-0.3, -0.25) is 0 Å². The van der Waals surface area contributed by atoms with Gasteiger partial charge in [-0.05, 0) is 34.6 Å². The van der Waals surface area contributed by atoms with E-state index in [0.29, 0.717) is 12.1 Å². The summed E-state index contributed by atoms with van der Waals surface area (Å²) in [5.74, 6) is 0. The molecule has 1 fully saturated rings. The van der Waals surface area contributed by atoms with Crippen molar-refractivity contribution in [2.45, 2.75) is 52.2 Å². The molecule has 66 valence electrons. The molecule has 0 radical (unpaired) electrons. The summed E-state index contributed by atoms with van der Waals surface area (Å²) in [6.45, 7) is 11.0. The van der Waals surface area contributed by atoms with Crippen LogP contribution in [0.4, 0.5) is 0 Å². The first-order valence-corrected chi connectivity index (χ1v) is 4.23. The van der Waals surface area contributed by atoms with E-state index in [0.717, 1.165) is 0 Å². The SMILES string of the molecule is CC1NNN(C(C)(C)C)C1C. The van der Waals surface area contributed by atoms with Crippen LogP contribution in [0.5, 0.6) is 0 Å². The lowest BCUT2D eigenvalue weighted by Gasteiger charge is -2.34. The standard InChI is InChI=1S/C8H19N3/c1-6-7(2)11(10-9-6)8(3,4)5/h6-7,9-10H,1-5H3. The van der Waals surface area contributed by atoms with Gasteiger partial charge in [-0.2, -0.15) is 5.53 Å². The van der Waals surface area contributed by atoms with Gasteiger partial charge >= 0.3 is 0 Å². The zero-order chi connectivity index (χ0) is 8.65. The molecule has 0 spiro atoms. The second kappa shape index (κ2) is 2.73. The van der Waals surface area contributed by atoms with Gasteiger partial charge in [0, 0.05) is 17.6 Å². The third-order valence-electron chi connectivity index (χ3n) is 2.27. The lowest BCUT2D eigenvalue weighted by atomic mass is 10.0. The van der Waals surface area contributed by atoms with Crippen molar-refractivity contribution in [3.8, 4) is 0 Å². The Kier molecular flexibility index (Phi) is 2.23. The zero-order valence-corrected chi connectivity index (χ0v) is 8.10. The monoisotopic (exact) mass is 157 g/mol. The van der Waals surface area contributed by atoms with E-state index in [9.17, 15) is 0 Å². The van der Waals surface area contributed by atoms with Crippen molar-refractivity contribution in [2.75, 3.05) is 0 Å². The van der Waals surface area contributed by atoms with Crippen molar-refractivity contribution in [1.82, 2.24) is 16.0 Å². The van der Waals surface area contributed by atoms with Gasteiger partial charge in [-0.15, -0.1) is 0 Å². The van der Waals surface area contributed by atoms with Crippen molar-refractivity contribution < 1.29 is 0 Å². The molecule has 1 aliphatic heterocycles. The van der Waals surface area contributed by atoms with Crippen LogP contribution in [-0.2, 0) is 0 Å². The van der Waals surface area contributed by atoms with E-state index in [-0.39, 0.29) is 5.54 Å². The maximum Gasteiger partial charge on any atom is 0.0399 e. The van der Waals surface area contributed by atoms with Gasteiger partial charge in [0.25, 0.3) is 0 Å². The summed E-state index contributed by atoms with van der Waals surface area (Å²) < 4.78 is 0. The number of nitrogens with zero attached hydrogens (tertiary/aromatic N) is 1. The first-order valence-electron chi connectivity index (χ1n) is 4.23. The molecular weight excluding hydrogens is 138 g/mol. The number of hydrazine groups is 2. The fraction of sp³-hybridized carbons (Fsp3) is 1.00. The van der Waals surface area contributed by atoms with E-state index in [2.05, 4.69) is 50.6 Å². The Balaban J connectivity index is 2.62. The van der Waals surface area contributed by atoms with Gasteiger partial charge in [0.2, 0.25) is 0 Å². The van der Waals surface area contributed by atoms with Crippen LogP contribution in [0, 0.1) is 0 Å². The topological polar surface area (TPSA) is 27.3 Å². The van der Waals surface area contributed by atoms with Crippen LogP contribution in [0.15, 0.2) is 0 Å². The Morgan fingerprint density at radius 3 is 1.91 bits per heavy atom. The summed E-state index contributed by atoms with van der Waals surface area (Å²) in [6.07, 6.45) is 0. The highest BCUT2D eigenvalue weighted by atomic mass is 15.8. The predicted molar refractivity (Wildman–Crippen MR) is 46.8 cm³/mol. The fourth-order valence-corrected chi connectivity index (χ4v) is 1.40. The van der Waals surface area contributed by atoms with Gasteiger partial charge in [-0.1, -0.05) is 0 Å². The molecule has 11 heavy (non-hydrogen) atoms. The lowest BCUT2D eigenvalue weighted by molar-refractivity contribution is 0.0673. The normalized spacial score (nSPS) is 34.6. The fourth-order valence-electron chi connectivity index (χ4n) is 1.40. The molecule has 1 saturated heterocycles. The van der Waals surface area contributed by atoms with Crippen LogP contribution >= 0.6 is 0 Å². The largest absolute Gasteiger partial charge is 0.240 e. The molecule has 0 aromatic rings. The van der Waals surface area contributed by atoms with Crippen molar-refractivity contribution >= 4 is 0 Å². The molecule has 1 rings (SSSR count). The van der Waals surface area contributed by atoms with E-state index in [1.165, 1.54) is 0 Å². The van der Waals surface area contributed by atoms with Crippen LogP contribution in [-0.4, -0.2) is 22.6 Å². The van der Waals surface area contributed by atoms with E-state index in [1.54, 1.807) is 0 Å². The molecule has 2 atom stereocenters. The second-order valence-corrected chi connectivity index (χ2v) is 4.33. The number of hydrogen-bond acceptors (Lipinski definition) is 3. The Morgan fingerprint density at radius 1 is 1.18 bits per heavy atom. The third-order valence-corrected chi connectivity index (χ3v) is 2.27. The van der Waals surface area contributed by atoms with Gasteiger partial charge < -0.3 is 0 Å². The maximum atomic E-state index is 3.20. The molecule has 1 heterocycles. The van der Waals surface area contributed by atoms with Crippen LogP contribution in [0.2, 0.25) is 0 Å². The molecule has 2 unspecified atom stereocenters. The molecule has 0 bridgehead atoms. The van der Waals surface area contributed by atoms with Gasteiger partial charge in [-0.25, -0.2) is 10.4 Å². The lowest BCUT2D eigenvalue weighted by Crippen LogP contribution is -2.51. The average Bonchev–Trinajstić information content (AvgIpc) is 2.11. The number of nitrogens with one attached hydrogen (secondary N) is 2. The molecule has 0 aliphatic carbocycles. The van der Waals surface area contributed by atoms with Gasteiger partial charge in [0.05, 0.1) is 0 Å². The third kappa shape index (κ3) is 1.72. The Bertz CT molecular complexity index is 139. The minimum absolute atomic E-state index is 0.192. The summed E-state index contributed by atoms with van der Waals surface area (Å²) in [5, 5.41) is 2.25. The molecular formula is C8H19N3. The Morgan fingerprint density at radius 2 is 1.73 bits per heavy atom. The number of hydrogen-bond donors (Lipinski definition) is 2. The molecule has 1 aliphatic rings. The van der Waals surface area contributed by atoms with Crippen molar-refractivity contribution in [2.24, 2.45) is 0 Å². The summed E-state index contributed by atoms with van der Waals surface area (Å²) in [6, 6.07) is 1.07. The highest BCUT2D eigenvalue weighted by Crippen LogP contribution is 2.18. The summed E-state index contributed by atoms with van der Waals surface area (Å²) in [4.78, 5) is 0. The maximum absolute atomic E-state index is 3.20. The Hall–Kier alpha value is -0.120. The van der Waals surface area contributed by atoms with Crippen molar-refractivity contribution in [3.63, 3.8) is 0 Å². The number of rotatable bonds is 0. The van der Waals surface area contributed by atoms with Gasteiger partial charge in [0.1, 0.15) is 0 Å². The highest BCUT2D eigenvalue weighted by Gasteiger charge is 2.34. The quantitative estimate of drug-likeness (QED) is 0.547. The van der Waals surface area contributed by atoms with Crippen LogP contribution in [0.3, 0.4) is 0 Å². The minimum atomic E-state index is 0.192. The van der Waals surface area contributed by atoms with E-state index in [4.69, 9.17) is 0 Å². The van der Waals surface area contributed by atoms with E-state index >= 15 is 0 Å². The molecule has 2 N–H and O–H groups in total. The first kappa shape index (κ1) is 8.97. The minimum Gasteiger partial charge on any atom is -0.240 e. The molecule has 0 saturated carbocycles. The van der Waals surface area contributed by atoms with E-state index in [1.807, 2.05) is 0 Å². The summed E-state index contributed by atoms with van der Waals surface area (Å²) in [5.41, 5.74) is 6.57. The van der Waals surface area contributed by atoms with E-state index < -0.39 is 0 Å². The average molecular weight is 157 g/mol. The van der Waals surface area contributed by atoms with Crippen LogP contribution < -0.4 is 11.0 Å². The summed E-state index contributed by atoms with van der Waals surface area (Å²) >= 11 is 0.